The molecular formula is C16H26N2O2. The van der Waals surface area contributed by atoms with Crippen molar-refractivity contribution < 1.29 is 9.63 Å². The van der Waals surface area contributed by atoms with E-state index < -0.39 is 0 Å². The molecule has 0 bridgehead atoms. The Morgan fingerprint density at radius 3 is 2.70 bits per heavy atom. The van der Waals surface area contributed by atoms with Crippen molar-refractivity contribution in [2.24, 2.45) is 5.92 Å². The van der Waals surface area contributed by atoms with Crippen molar-refractivity contribution in [3.63, 3.8) is 0 Å². The predicted molar refractivity (Wildman–Crippen MR) is 77.4 cm³/mol. The van der Waals surface area contributed by atoms with Gasteiger partial charge in [0, 0.05) is 24.1 Å². The molecule has 4 heteroatoms. The Morgan fingerprint density at radius 1 is 1.20 bits per heavy atom. The predicted octanol–water partition coefficient (Wildman–Crippen LogP) is 2.81. The van der Waals surface area contributed by atoms with Gasteiger partial charge in [-0.15, -0.1) is 0 Å². The van der Waals surface area contributed by atoms with Gasteiger partial charge in [-0.25, -0.2) is 0 Å². The topological polar surface area (TPSA) is 49.5 Å². The second-order valence-electron chi connectivity index (χ2n) is 6.50. The van der Waals surface area contributed by atoms with Crippen molar-refractivity contribution >= 4 is 0 Å². The molecule has 1 aromatic rings. The zero-order valence-corrected chi connectivity index (χ0v) is 12.6. The largest absolute Gasteiger partial charge is 0.393 e. The third-order valence-electron chi connectivity index (χ3n) is 5.23. The summed E-state index contributed by atoms with van der Waals surface area (Å²) in [5.74, 6) is 1.41. The minimum Gasteiger partial charge on any atom is -0.393 e. The lowest BCUT2D eigenvalue weighted by Gasteiger charge is -2.37. The van der Waals surface area contributed by atoms with Crippen LogP contribution < -0.4 is 0 Å². The highest BCUT2D eigenvalue weighted by atomic mass is 16.5. The van der Waals surface area contributed by atoms with Crippen LogP contribution in [0.15, 0.2) is 4.52 Å². The third kappa shape index (κ3) is 2.63. The number of aliphatic hydroxyl groups excluding tert-OH is 1. The minimum atomic E-state index is -0.0981. The standard InChI is InChI=1S/C16H26N2O2/c1-11-14(12(2)20-17-11)10-18-9-5-7-15(18)13-6-3-4-8-16(13)19/h13,15-16,19H,3-10H2,1-2H3. The van der Waals surface area contributed by atoms with Crippen LogP contribution in [0, 0.1) is 19.8 Å². The maximum Gasteiger partial charge on any atom is 0.138 e. The minimum absolute atomic E-state index is 0.0981. The molecule has 1 saturated carbocycles. The average molecular weight is 278 g/mol. The summed E-state index contributed by atoms with van der Waals surface area (Å²) in [6, 6.07) is 0.541. The Balaban J connectivity index is 1.72. The van der Waals surface area contributed by atoms with E-state index in [2.05, 4.69) is 10.1 Å². The summed E-state index contributed by atoms with van der Waals surface area (Å²) in [4.78, 5) is 2.55. The maximum atomic E-state index is 10.3. The lowest BCUT2D eigenvalue weighted by molar-refractivity contribution is 0.0200. The first kappa shape index (κ1) is 14.1. The van der Waals surface area contributed by atoms with Crippen LogP contribution in [-0.2, 0) is 6.54 Å². The summed E-state index contributed by atoms with van der Waals surface area (Å²) >= 11 is 0. The molecule has 3 atom stereocenters. The van der Waals surface area contributed by atoms with Gasteiger partial charge in [-0.1, -0.05) is 18.0 Å². The molecule has 3 unspecified atom stereocenters. The molecule has 4 nitrogen and oxygen atoms in total. The highest BCUT2D eigenvalue weighted by Gasteiger charge is 2.37. The van der Waals surface area contributed by atoms with Crippen molar-refractivity contribution in [3.8, 4) is 0 Å². The van der Waals surface area contributed by atoms with E-state index in [-0.39, 0.29) is 6.10 Å². The molecule has 0 aromatic carbocycles. The van der Waals surface area contributed by atoms with E-state index in [1.54, 1.807) is 0 Å². The Hall–Kier alpha value is -0.870. The average Bonchev–Trinajstić information content (AvgIpc) is 3.01. The highest BCUT2D eigenvalue weighted by molar-refractivity contribution is 5.21. The number of likely N-dealkylation sites (tertiary alicyclic amines) is 1. The van der Waals surface area contributed by atoms with E-state index in [1.165, 1.54) is 37.7 Å². The first-order valence-electron chi connectivity index (χ1n) is 8.00. The number of aryl methyl sites for hydroxylation is 2. The fraction of sp³-hybridized carbons (Fsp3) is 0.812. The van der Waals surface area contributed by atoms with E-state index in [0.29, 0.717) is 12.0 Å². The molecule has 1 N–H and O–H groups in total. The lowest BCUT2D eigenvalue weighted by Crippen LogP contribution is -2.42. The van der Waals surface area contributed by atoms with E-state index in [9.17, 15) is 5.11 Å². The molecule has 2 heterocycles. The number of aliphatic hydroxyl groups is 1. The second kappa shape index (κ2) is 5.86. The van der Waals surface area contributed by atoms with Crippen molar-refractivity contribution in [1.82, 2.24) is 10.1 Å². The fourth-order valence-corrected chi connectivity index (χ4v) is 4.05. The summed E-state index contributed by atoms with van der Waals surface area (Å²) in [5, 5.41) is 14.4. The van der Waals surface area contributed by atoms with Crippen LogP contribution in [0.1, 0.15) is 55.5 Å². The number of hydrogen-bond donors (Lipinski definition) is 1. The normalized spacial score (nSPS) is 31.9. The maximum absolute atomic E-state index is 10.3. The first-order valence-corrected chi connectivity index (χ1v) is 8.00. The molecule has 0 amide bonds. The molecule has 3 rings (SSSR count). The van der Waals surface area contributed by atoms with Crippen molar-refractivity contribution in [1.29, 1.82) is 0 Å². The summed E-state index contributed by atoms with van der Waals surface area (Å²) in [6.07, 6.45) is 7.01. The van der Waals surface area contributed by atoms with E-state index >= 15 is 0 Å². The van der Waals surface area contributed by atoms with Crippen molar-refractivity contribution in [2.75, 3.05) is 6.54 Å². The zero-order valence-electron chi connectivity index (χ0n) is 12.6. The van der Waals surface area contributed by atoms with Gasteiger partial charge in [0.05, 0.1) is 11.8 Å². The van der Waals surface area contributed by atoms with Crippen LogP contribution in [-0.4, -0.2) is 33.9 Å². The molecule has 0 radical (unpaired) electrons. The van der Waals surface area contributed by atoms with Gasteiger partial charge >= 0.3 is 0 Å². The quantitative estimate of drug-likeness (QED) is 0.923. The smallest absolute Gasteiger partial charge is 0.138 e. The summed E-state index contributed by atoms with van der Waals surface area (Å²) in [7, 11) is 0. The van der Waals surface area contributed by atoms with Gasteiger partial charge in [0.15, 0.2) is 0 Å². The molecule has 0 spiro atoms. The molecule has 2 fully saturated rings. The molecule has 20 heavy (non-hydrogen) atoms. The van der Waals surface area contributed by atoms with E-state index in [0.717, 1.165) is 31.0 Å². The molecule has 2 aliphatic rings. The highest BCUT2D eigenvalue weighted by Crippen LogP contribution is 2.35. The summed E-state index contributed by atoms with van der Waals surface area (Å²) in [6.45, 7) is 6.08. The van der Waals surface area contributed by atoms with E-state index in [1.807, 2.05) is 13.8 Å². The van der Waals surface area contributed by atoms with Gasteiger partial charge in [-0.2, -0.15) is 0 Å². The van der Waals surface area contributed by atoms with Crippen LogP contribution in [0.5, 0.6) is 0 Å². The van der Waals surface area contributed by atoms with Crippen LogP contribution in [0.3, 0.4) is 0 Å². The number of hydrogen-bond acceptors (Lipinski definition) is 4. The number of rotatable bonds is 3. The number of nitrogens with zero attached hydrogens (tertiary/aromatic N) is 2. The molecule has 1 saturated heterocycles. The van der Waals surface area contributed by atoms with E-state index in [4.69, 9.17) is 4.52 Å². The molecular weight excluding hydrogens is 252 g/mol. The molecule has 1 aliphatic heterocycles. The van der Waals surface area contributed by atoms with Crippen LogP contribution in [0.2, 0.25) is 0 Å². The monoisotopic (exact) mass is 278 g/mol. The van der Waals surface area contributed by atoms with Gasteiger partial charge in [-0.3, -0.25) is 4.90 Å². The molecule has 1 aromatic heterocycles. The third-order valence-corrected chi connectivity index (χ3v) is 5.23. The lowest BCUT2D eigenvalue weighted by atomic mass is 9.80. The van der Waals surface area contributed by atoms with Crippen LogP contribution >= 0.6 is 0 Å². The Morgan fingerprint density at radius 2 is 2.00 bits per heavy atom. The summed E-state index contributed by atoms with van der Waals surface area (Å²) in [5.41, 5.74) is 2.25. The van der Waals surface area contributed by atoms with Gasteiger partial charge in [0.25, 0.3) is 0 Å². The van der Waals surface area contributed by atoms with Crippen molar-refractivity contribution in [2.45, 2.75) is 71.1 Å². The van der Waals surface area contributed by atoms with Gasteiger partial charge in [-0.05, 0) is 46.1 Å². The van der Waals surface area contributed by atoms with Gasteiger partial charge in [0.1, 0.15) is 5.76 Å². The second-order valence-corrected chi connectivity index (χ2v) is 6.50. The summed E-state index contributed by atoms with van der Waals surface area (Å²) < 4.78 is 5.28. The Labute approximate surface area is 121 Å². The van der Waals surface area contributed by atoms with Crippen LogP contribution in [0.4, 0.5) is 0 Å². The van der Waals surface area contributed by atoms with Gasteiger partial charge in [0.2, 0.25) is 0 Å². The van der Waals surface area contributed by atoms with Gasteiger partial charge < -0.3 is 9.63 Å². The van der Waals surface area contributed by atoms with Crippen molar-refractivity contribution in [3.05, 3.63) is 17.0 Å². The number of aromatic nitrogens is 1. The Bertz CT molecular complexity index is 438. The molecule has 112 valence electrons. The Kier molecular flexibility index (Phi) is 4.13. The SMILES string of the molecule is Cc1noc(C)c1CN1CCCC1C1CCCCC1O. The van der Waals surface area contributed by atoms with Crippen LogP contribution in [0.25, 0.3) is 0 Å². The fourth-order valence-electron chi connectivity index (χ4n) is 4.05. The zero-order chi connectivity index (χ0) is 14.1. The first-order chi connectivity index (χ1) is 9.66. The molecule has 1 aliphatic carbocycles.